The van der Waals surface area contributed by atoms with E-state index in [-0.39, 0.29) is 37.7 Å². The Bertz CT molecular complexity index is 1270. The average Bonchev–Trinajstić information content (AvgIpc) is 2.99. The van der Waals surface area contributed by atoms with E-state index >= 15 is 0 Å². The van der Waals surface area contributed by atoms with Crippen LogP contribution in [0, 0.1) is 0 Å². The van der Waals surface area contributed by atoms with Crippen LogP contribution in [0.15, 0.2) is 12.1 Å². The van der Waals surface area contributed by atoms with Crippen molar-refractivity contribution in [2.75, 3.05) is 65.2 Å². The lowest BCUT2D eigenvalue weighted by atomic mass is 9.96. The summed E-state index contributed by atoms with van der Waals surface area (Å²) in [6, 6.07) is 0.877. The van der Waals surface area contributed by atoms with Crippen molar-refractivity contribution in [2.45, 2.75) is 103 Å². The highest BCUT2D eigenvalue weighted by molar-refractivity contribution is 6.05. The molecular formula is C34H52F3N3O8. The second-order valence-corrected chi connectivity index (χ2v) is 13.8. The molecule has 1 aromatic rings. The molecule has 1 aromatic carbocycles. The number of fused-ring (bicyclic) bond motifs is 1. The summed E-state index contributed by atoms with van der Waals surface area (Å²) in [5.41, 5.74) is -4.03. The van der Waals surface area contributed by atoms with Crippen molar-refractivity contribution in [2.24, 2.45) is 0 Å². The predicted octanol–water partition coefficient (Wildman–Crippen LogP) is 5.92. The minimum atomic E-state index is -4.92. The van der Waals surface area contributed by atoms with E-state index in [1.807, 2.05) is 0 Å². The van der Waals surface area contributed by atoms with Crippen LogP contribution in [-0.4, -0.2) is 111 Å². The van der Waals surface area contributed by atoms with E-state index in [1.165, 1.54) is 21.6 Å². The Kier molecular flexibility index (Phi) is 13.6. The molecule has 11 nitrogen and oxygen atoms in total. The van der Waals surface area contributed by atoms with Crippen LogP contribution in [0.4, 0.5) is 23.7 Å². The SMILES string of the molecule is COCCCCN1C(=O)C(C)(COCCCOC)Oc2cc(C(F)(F)F)c(C(=O)N(C(C)C)[C@@H]3CCCN(C(=O)OC(C)(C)C)C3)cc21. The molecule has 0 aliphatic carbocycles. The maximum Gasteiger partial charge on any atom is 0.417 e. The van der Waals surface area contributed by atoms with Crippen LogP contribution in [0.1, 0.15) is 89.6 Å². The summed E-state index contributed by atoms with van der Waals surface area (Å²) >= 11 is 0. The highest BCUT2D eigenvalue weighted by atomic mass is 19.4. The topological polar surface area (TPSA) is 107 Å². The van der Waals surface area contributed by atoms with Crippen LogP contribution < -0.4 is 9.64 Å². The molecule has 2 aliphatic heterocycles. The molecule has 14 heteroatoms. The number of unbranched alkanes of at least 4 members (excludes halogenated alkanes) is 1. The second-order valence-electron chi connectivity index (χ2n) is 13.8. The van der Waals surface area contributed by atoms with Crippen molar-refractivity contribution >= 4 is 23.6 Å². The number of amides is 3. The first-order valence-corrected chi connectivity index (χ1v) is 16.6. The molecule has 0 spiro atoms. The molecule has 3 rings (SSSR count). The molecule has 2 atom stereocenters. The summed E-state index contributed by atoms with van der Waals surface area (Å²) < 4.78 is 71.7. The van der Waals surface area contributed by atoms with Gasteiger partial charge in [0.15, 0.2) is 0 Å². The second kappa shape index (κ2) is 16.5. The van der Waals surface area contributed by atoms with E-state index in [0.29, 0.717) is 51.9 Å². The Morgan fingerprint density at radius 2 is 1.73 bits per heavy atom. The van der Waals surface area contributed by atoms with Gasteiger partial charge >= 0.3 is 12.3 Å². The quantitative estimate of drug-likeness (QED) is 0.222. The van der Waals surface area contributed by atoms with Gasteiger partial charge in [0.05, 0.1) is 29.5 Å². The van der Waals surface area contributed by atoms with Gasteiger partial charge in [0.25, 0.3) is 11.8 Å². The number of benzene rings is 1. The van der Waals surface area contributed by atoms with Gasteiger partial charge in [-0.3, -0.25) is 9.59 Å². The molecule has 0 radical (unpaired) electrons. The number of alkyl halides is 3. The molecule has 0 aromatic heterocycles. The largest absolute Gasteiger partial charge is 0.473 e. The zero-order valence-electron chi connectivity index (χ0n) is 29.5. The molecule has 0 N–H and O–H groups in total. The number of rotatable bonds is 14. The van der Waals surface area contributed by atoms with E-state index < -0.39 is 58.5 Å². The highest BCUT2D eigenvalue weighted by Crippen LogP contribution is 2.45. The number of likely N-dealkylation sites (tertiary alicyclic amines) is 1. The summed E-state index contributed by atoms with van der Waals surface area (Å²) in [7, 11) is 3.11. The smallest absolute Gasteiger partial charge is 0.417 e. The molecule has 48 heavy (non-hydrogen) atoms. The molecule has 3 amide bonds. The fourth-order valence-corrected chi connectivity index (χ4v) is 5.99. The van der Waals surface area contributed by atoms with Gasteiger partial charge < -0.3 is 38.4 Å². The first kappa shape index (κ1) is 39.3. The molecule has 0 saturated carbocycles. The van der Waals surface area contributed by atoms with Crippen molar-refractivity contribution in [1.82, 2.24) is 9.80 Å². The zero-order valence-corrected chi connectivity index (χ0v) is 29.5. The van der Waals surface area contributed by atoms with Crippen LogP contribution in [0.3, 0.4) is 0 Å². The minimum Gasteiger partial charge on any atom is -0.473 e. The number of piperidine rings is 1. The summed E-state index contributed by atoms with van der Waals surface area (Å²) in [5, 5.41) is 0. The molecule has 1 unspecified atom stereocenters. The van der Waals surface area contributed by atoms with Crippen LogP contribution in [0.2, 0.25) is 0 Å². The first-order chi connectivity index (χ1) is 22.4. The first-order valence-electron chi connectivity index (χ1n) is 16.6. The van der Waals surface area contributed by atoms with Gasteiger partial charge in [0, 0.05) is 59.7 Å². The third kappa shape index (κ3) is 9.97. The number of halogens is 3. The third-order valence-electron chi connectivity index (χ3n) is 8.19. The van der Waals surface area contributed by atoms with Crippen molar-refractivity contribution in [3.63, 3.8) is 0 Å². The van der Waals surface area contributed by atoms with Crippen molar-refractivity contribution < 1.29 is 51.2 Å². The lowest BCUT2D eigenvalue weighted by molar-refractivity contribution is -0.140. The normalized spacial score (nSPS) is 20.1. The number of carbonyl (C=O) groups excluding carboxylic acids is 3. The van der Waals surface area contributed by atoms with E-state index in [0.717, 1.165) is 12.1 Å². The van der Waals surface area contributed by atoms with Gasteiger partial charge in [-0.2, -0.15) is 13.2 Å². The Morgan fingerprint density at radius 1 is 1.06 bits per heavy atom. The van der Waals surface area contributed by atoms with Crippen molar-refractivity contribution in [3.05, 3.63) is 23.3 Å². The van der Waals surface area contributed by atoms with E-state index in [9.17, 15) is 27.6 Å². The number of ether oxygens (including phenoxy) is 5. The van der Waals surface area contributed by atoms with Crippen LogP contribution >= 0.6 is 0 Å². The monoisotopic (exact) mass is 687 g/mol. The summed E-state index contributed by atoms with van der Waals surface area (Å²) in [4.78, 5) is 45.4. The van der Waals surface area contributed by atoms with Gasteiger partial charge in [-0.05, 0) is 85.8 Å². The molecule has 272 valence electrons. The third-order valence-corrected chi connectivity index (χ3v) is 8.19. The molecule has 1 fully saturated rings. The van der Waals surface area contributed by atoms with Gasteiger partial charge in [-0.15, -0.1) is 0 Å². The minimum absolute atomic E-state index is 0.0772. The van der Waals surface area contributed by atoms with Gasteiger partial charge in [-0.25, -0.2) is 4.79 Å². The number of hydrogen-bond acceptors (Lipinski definition) is 8. The molecule has 0 bridgehead atoms. The Hall–Kier alpha value is -3.10. The molecule has 2 heterocycles. The average molecular weight is 688 g/mol. The number of methoxy groups -OCH3 is 2. The van der Waals surface area contributed by atoms with E-state index in [4.69, 9.17) is 23.7 Å². The molecular weight excluding hydrogens is 635 g/mol. The van der Waals surface area contributed by atoms with Crippen LogP contribution in [0.5, 0.6) is 5.75 Å². The Labute approximate surface area is 281 Å². The predicted molar refractivity (Wildman–Crippen MR) is 173 cm³/mol. The zero-order chi connectivity index (χ0) is 35.9. The summed E-state index contributed by atoms with van der Waals surface area (Å²) in [5.74, 6) is -1.51. The van der Waals surface area contributed by atoms with Crippen molar-refractivity contribution in [3.8, 4) is 5.75 Å². The number of carbonyl (C=O) groups is 3. The van der Waals surface area contributed by atoms with E-state index in [1.54, 1.807) is 48.8 Å². The maximum atomic E-state index is 14.8. The van der Waals surface area contributed by atoms with Crippen LogP contribution in [0.25, 0.3) is 0 Å². The summed E-state index contributed by atoms with van der Waals surface area (Å²) in [6.07, 6.45) is -2.77. The fraction of sp³-hybridized carbons (Fsp3) is 0.735. The van der Waals surface area contributed by atoms with E-state index in [2.05, 4.69) is 0 Å². The highest BCUT2D eigenvalue weighted by Gasteiger charge is 2.48. The Morgan fingerprint density at radius 3 is 2.33 bits per heavy atom. The summed E-state index contributed by atoms with van der Waals surface area (Å²) in [6.45, 7) is 11.8. The lowest BCUT2D eigenvalue weighted by Gasteiger charge is -2.43. The maximum absolute atomic E-state index is 14.8. The number of hydrogen-bond donors (Lipinski definition) is 0. The van der Waals surface area contributed by atoms with Crippen LogP contribution in [-0.2, 0) is 29.9 Å². The van der Waals surface area contributed by atoms with Gasteiger partial charge in [0.2, 0.25) is 5.60 Å². The van der Waals surface area contributed by atoms with Crippen molar-refractivity contribution in [1.29, 1.82) is 0 Å². The number of anilines is 1. The number of nitrogens with zero attached hydrogens (tertiary/aromatic N) is 3. The molecule has 1 saturated heterocycles. The van der Waals surface area contributed by atoms with Gasteiger partial charge in [-0.1, -0.05) is 0 Å². The lowest BCUT2D eigenvalue weighted by Crippen LogP contribution is -2.57. The fourth-order valence-electron chi connectivity index (χ4n) is 5.99. The molecule has 2 aliphatic rings. The van der Waals surface area contributed by atoms with Gasteiger partial charge in [0.1, 0.15) is 11.4 Å². The standard InChI is InChI=1S/C34H52F3N3O8/c1-23(2)40(24-13-11-14-38(21-24)31(43)48-32(3,4)5)29(41)25-19-27-28(20-26(25)34(35,36)37)47-33(6,22-46-18-12-17-45-8)30(42)39(27)15-9-10-16-44-7/h19-20,23-24H,9-18,21-22H2,1-8H3/t24-,33?/m1/s1. The Balaban J connectivity index is 2.04.